The summed E-state index contributed by atoms with van der Waals surface area (Å²) < 4.78 is 69.4. The molecule has 39 heavy (non-hydrogen) atoms. The molecule has 1 amide bonds. The van der Waals surface area contributed by atoms with Crippen LogP contribution in [-0.4, -0.2) is 62.8 Å². The number of carbonyl (C=O) groups is 1. The van der Waals surface area contributed by atoms with Crippen molar-refractivity contribution in [2.45, 2.75) is 16.3 Å². The van der Waals surface area contributed by atoms with Crippen LogP contribution in [0.1, 0.15) is 17.0 Å². The van der Waals surface area contributed by atoms with E-state index in [2.05, 4.69) is 31.9 Å². The van der Waals surface area contributed by atoms with E-state index in [1.165, 1.54) is 10.4 Å². The standard InChI is InChI=1S/C26H24Br2F3N3O3S2/c27-22-14-23(38-24(22)28)39(36,37)34-15-20(17-5-2-1-3-6-17)21(16-34)25(35)33-11-9-32(10-12-33)19-8-4-7-18(13-19)26(29,30)31/h1-8,13-14,20-21H,9-12,15-16H2/t20-,21+/m0/s1. The van der Waals surface area contributed by atoms with Crippen LogP contribution in [0.4, 0.5) is 18.9 Å². The number of carbonyl (C=O) groups excluding carboxylic acids is 1. The van der Waals surface area contributed by atoms with Crippen molar-refractivity contribution in [2.75, 3.05) is 44.2 Å². The van der Waals surface area contributed by atoms with Crippen molar-refractivity contribution in [1.29, 1.82) is 0 Å². The van der Waals surface area contributed by atoms with Crippen molar-refractivity contribution in [3.63, 3.8) is 0 Å². The number of hydrogen-bond acceptors (Lipinski definition) is 5. The van der Waals surface area contributed by atoms with Crippen molar-refractivity contribution >= 4 is 64.8 Å². The molecule has 6 nitrogen and oxygen atoms in total. The molecule has 0 bridgehead atoms. The molecule has 0 N–H and O–H groups in total. The van der Waals surface area contributed by atoms with Crippen molar-refractivity contribution in [2.24, 2.45) is 5.92 Å². The van der Waals surface area contributed by atoms with E-state index in [9.17, 15) is 26.4 Å². The highest BCUT2D eigenvalue weighted by molar-refractivity contribution is 9.13. The Morgan fingerprint density at radius 3 is 2.23 bits per heavy atom. The number of sulfonamides is 1. The predicted molar refractivity (Wildman–Crippen MR) is 151 cm³/mol. The zero-order valence-corrected chi connectivity index (χ0v) is 25.2. The first-order valence-electron chi connectivity index (χ1n) is 12.2. The van der Waals surface area contributed by atoms with Gasteiger partial charge >= 0.3 is 6.18 Å². The number of piperazine rings is 1. The van der Waals surface area contributed by atoms with E-state index in [0.29, 0.717) is 40.1 Å². The average Bonchev–Trinajstić information content (AvgIpc) is 3.53. The maximum atomic E-state index is 13.8. The largest absolute Gasteiger partial charge is 0.416 e. The van der Waals surface area contributed by atoms with E-state index in [-0.39, 0.29) is 29.1 Å². The molecule has 5 rings (SSSR count). The van der Waals surface area contributed by atoms with Crippen molar-refractivity contribution in [3.05, 3.63) is 80.0 Å². The number of hydrogen-bond donors (Lipinski definition) is 0. The van der Waals surface area contributed by atoms with Crippen LogP contribution in [0.3, 0.4) is 0 Å². The van der Waals surface area contributed by atoms with Gasteiger partial charge in [0.05, 0.1) is 15.3 Å². The molecule has 2 aliphatic rings. The van der Waals surface area contributed by atoms with Crippen molar-refractivity contribution in [3.8, 4) is 0 Å². The molecule has 3 aromatic rings. The Morgan fingerprint density at radius 1 is 0.923 bits per heavy atom. The Labute approximate surface area is 245 Å². The monoisotopic (exact) mass is 705 g/mol. The molecule has 0 radical (unpaired) electrons. The molecule has 2 atom stereocenters. The van der Waals surface area contributed by atoms with Crippen LogP contribution in [0.25, 0.3) is 0 Å². The lowest BCUT2D eigenvalue weighted by Gasteiger charge is -2.38. The molecule has 13 heteroatoms. The number of rotatable bonds is 5. The number of benzene rings is 2. The number of anilines is 1. The van der Waals surface area contributed by atoms with Crippen LogP contribution < -0.4 is 4.90 Å². The lowest BCUT2D eigenvalue weighted by molar-refractivity contribution is -0.137. The van der Waals surface area contributed by atoms with Crippen LogP contribution in [0.15, 0.2) is 73.1 Å². The first-order chi connectivity index (χ1) is 18.4. The molecule has 0 saturated carbocycles. The first kappa shape index (κ1) is 28.6. The van der Waals surface area contributed by atoms with Gasteiger partial charge in [0, 0.05) is 55.3 Å². The second-order valence-corrected chi connectivity index (χ2v) is 14.9. The van der Waals surface area contributed by atoms with E-state index >= 15 is 0 Å². The molecule has 2 aromatic carbocycles. The molecule has 0 aliphatic carbocycles. The third kappa shape index (κ3) is 5.92. The van der Waals surface area contributed by atoms with E-state index in [4.69, 9.17) is 0 Å². The molecule has 2 saturated heterocycles. The molecule has 0 unspecified atom stereocenters. The first-order valence-corrected chi connectivity index (χ1v) is 16.0. The Bertz CT molecular complexity index is 1440. The third-order valence-electron chi connectivity index (χ3n) is 7.18. The van der Waals surface area contributed by atoms with Crippen LogP contribution in [0.5, 0.6) is 0 Å². The summed E-state index contributed by atoms with van der Waals surface area (Å²) in [5.74, 6) is -1.03. The van der Waals surface area contributed by atoms with Crippen LogP contribution in [-0.2, 0) is 21.0 Å². The molecule has 208 valence electrons. The van der Waals surface area contributed by atoms with Gasteiger partial charge in [-0.05, 0) is 61.7 Å². The minimum atomic E-state index is -4.43. The Hall–Kier alpha value is -1.93. The van der Waals surface area contributed by atoms with Gasteiger partial charge < -0.3 is 9.80 Å². The van der Waals surface area contributed by atoms with Gasteiger partial charge in [-0.25, -0.2) is 8.42 Å². The number of amides is 1. The van der Waals surface area contributed by atoms with Gasteiger partial charge in [-0.1, -0.05) is 36.4 Å². The molecular formula is C26H24Br2F3N3O3S2. The van der Waals surface area contributed by atoms with Gasteiger partial charge in [-0.15, -0.1) is 11.3 Å². The predicted octanol–water partition coefficient (Wildman–Crippen LogP) is 6.05. The van der Waals surface area contributed by atoms with Crippen molar-refractivity contribution < 1.29 is 26.4 Å². The quantitative estimate of drug-likeness (QED) is 0.325. The summed E-state index contributed by atoms with van der Waals surface area (Å²) in [6, 6.07) is 16.2. The van der Waals surface area contributed by atoms with Crippen molar-refractivity contribution in [1.82, 2.24) is 9.21 Å². The maximum Gasteiger partial charge on any atom is 0.416 e. The highest BCUT2D eigenvalue weighted by Gasteiger charge is 2.45. The second-order valence-electron chi connectivity index (χ2n) is 9.49. The second kappa shape index (κ2) is 11.2. The molecular weight excluding hydrogens is 683 g/mol. The number of alkyl halides is 3. The van der Waals surface area contributed by atoms with Gasteiger partial charge in [0.1, 0.15) is 4.21 Å². The fraction of sp³-hybridized carbons (Fsp3) is 0.346. The fourth-order valence-corrected chi connectivity index (χ4v) is 9.60. The summed E-state index contributed by atoms with van der Waals surface area (Å²) >= 11 is 7.82. The summed E-state index contributed by atoms with van der Waals surface area (Å²) in [6.07, 6.45) is -4.43. The topological polar surface area (TPSA) is 60.9 Å². The summed E-state index contributed by atoms with van der Waals surface area (Å²) in [7, 11) is -3.82. The highest BCUT2D eigenvalue weighted by atomic mass is 79.9. The van der Waals surface area contributed by atoms with Gasteiger partial charge in [0.15, 0.2) is 0 Å². The Morgan fingerprint density at radius 2 is 1.62 bits per heavy atom. The molecule has 1 aromatic heterocycles. The summed E-state index contributed by atoms with van der Waals surface area (Å²) in [5.41, 5.74) is 0.649. The van der Waals surface area contributed by atoms with Gasteiger partial charge in [0.2, 0.25) is 5.91 Å². The normalized spacial score (nSPS) is 20.9. The Balaban J connectivity index is 1.34. The number of thiophene rings is 1. The minimum Gasteiger partial charge on any atom is -0.368 e. The van der Waals surface area contributed by atoms with Crippen LogP contribution in [0, 0.1) is 5.92 Å². The summed E-state index contributed by atoms with van der Waals surface area (Å²) in [6.45, 7) is 1.68. The summed E-state index contributed by atoms with van der Waals surface area (Å²) in [5, 5.41) is 0. The lowest BCUT2D eigenvalue weighted by atomic mass is 9.88. The van der Waals surface area contributed by atoms with Gasteiger partial charge in [-0.3, -0.25) is 4.79 Å². The molecule has 3 heterocycles. The van der Waals surface area contributed by atoms with E-state index < -0.39 is 27.7 Å². The van der Waals surface area contributed by atoms with E-state index in [1.54, 1.807) is 17.0 Å². The SMILES string of the molecule is O=C([C@@H]1CN(S(=O)(=O)c2cc(Br)c(Br)s2)C[C@H]1c1ccccc1)N1CCN(c2cccc(C(F)(F)F)c2)CC1. The third-order valence-corrected chi connectivity index (χ3v) is 12.7. The zero-order valence-electron chi connectivity index (χ0n) is 20.4. The van der Waals surface area contributed by atoms with Crippen LogP contribution in [0.2, 0.25) is 0 Å². The Kier molecular flexibility index (Phi) is 8.18. The van der Waals surface area contributed by atoms with E-state index in [0.717, 1.165) is 29.0 Å². The average molecular weight is 707 g/mol. The fourth-order valence-electron chi connectivity index (χ4n) is 5.13. The smallest absolute Gasteiger partial charge is 0.368 e. The molecule has 2 aliphatic heterocycles. The molecule has 0 spiro atoms. The zero-order chi connectivity index (χ0) is 27.9. The highest BCUT2D eigenvalue weighted by Crippen LogP contribution is 2.41. The number of nitrogens with zero attached hydrogens (tertiary/aromatic N) is 3. The van der Waals surface area contributed by atoms with Gasteiger partial charge in [-0.2, -0.15) is 17.5 Å². The summed E-state index contributed by atoms with van der Waals surface area (Å²) in [4.78, 5) is 17.4. The van der Waals surface area contributed by atoms with Crippen LogP contribution >= 0.6 is 43.2 Å². The number of halogens is 5. The minimum absolute atomic E-state index is 0.0572. The van der Waals surface area contributed by atoms with E-state index in [1.807, 2.05) is 35.2 Å². The maximum absolute atomic E-state index is 13.8. The molecule has 2 fully saturated rings. The lowest BCUT2D eigenvalue weighted by Crippen LogP contribution is -2.51. The van der Waals surface area contributed by atoms with Gasteiger partial charge in [0.25, 0.3) is 10.0 Å².